The van der Waals surface area contributed by atoms with Gasteiger partial charge in [-0.1, -0.05) is 11.6 Å². The number of hydrogen-bond acceptors (Lipinski definition) is 11. The highest BCUT2D eigenvalue weighted by Crippen LogP contribution is 2.34. The lowest BCUT2D eigenvalue weighted by atomic mass is 10.1. The number of carbonyl (C=O) groups excluding carboxylic acids is 1. The quantitative estimate of drug-likeness (QED) is 0.193. The second-order valence-electron chi connectivity index (χ2n) is 8.36. The lowest BCUT2D eigenvalue weighted by Crippen LogP contribution is -2.54. The smallest absolute Gasteiger partial charge is 0.332 e. The molecule has 0 aromatic heterocycles. The Morgan fingerprint density at radius 3 is 2.23 bits per heavy atom. The van der Waals surface area contributed by atoms with Gasteiger partial charge < -0.3 is 16.8 Å². The molecule has 17 heteroatoms. The van der Waals surface area contributed by atoms with Gasteiger partial charge in [0.2, 0.25) is 17.8 Å². The van der Waals surface area contributed by atoms with Crippen molar-refractivity contribution < 1.29 is 30.1 Å². The number of benzene rings is 2. The van der Waals surface area contributed by atoms with Crippen LogP contribution in [0.2, 0.25) is 5.02 Å². The van der Waals surface area contributed by atoms with Crippen LogP contribution in [0.25, 0.3) is 0 Å². The lowest BCUT2D eigenvalue weighted by Gasteiger charge is -2.38. The molecule has 214 valence electrons. The number of thioether (sulfide) groups is 1. The summed E-state index contributed by atoms with van der Waals surface area (Å²) in [4.78, 5) is 22.5. The molecule has 0 aliphatic carbocycles. The van der Waals surface area contributed by atoms with Crippen molar-refractivity contribution in [3.8, 4) is 0 Å². The maximum Gasteiger partial charge on any atom is 0.332 e. The summed E-state index contributed by atoms with van der Waals surface area (Å²) in [5.74, 6) is 0.279. The monoisotopic (exact) mass is 622 g/mol. The molecule has 12 nitrogen and oxygen atoms in total. The largest absolute Gasteiger partial charge is 0.369 e. The Kier molecular flexibility index (Phi) is 10.7. The van der Waals surface area contributed by atoms with Crippen LogP contribution in [-0.2, 0) is 25.1 Å². The summed E-state index contributed by atoms with van der Waals surface area (Å²) in [5.41, 5.74) is 12.1. The van der Waals surface area contributed by atoms with E-state index in [0.717, 1.165) is 17.0 Å². The minimum absolute atomic E-state index is 0.105. The molecule has 0 saturated heterocycles. The summed E-state index contributed by atoms with van der Waals surface area (Å²) >= 11 is 7.84. The Labute approximate surface area is 235 Å². The van der Waals surface area contributed by atoms with Gasteiger partial charge in [0.25, 0.3) is 10.1 Å². The number of guanidine groups is 2. The van der Waals surface area contributed by atoms with E-state index in [2.05, 4.69) is 15.3 Å². The Balaban J connectivity index is 0.000000798. The highest BCUT2D eigenvalue weighted by molar-refractivity contribution is 7.99. The number of halogens is 2. The van der Waals surface area contributed by atoms with Crippen molar-refractivity contribution in [3.63, 3.8) is 0 Å². The van der Waals surface area contributed by atoms with E-state index in [0.29, 0.717) is 22.2 Å². The zero-order valence-corrected chi connectivity index (χ0v) is 24.3. The van der Waals surface area contributed by atoms with Crippen molar-refractivity contribution in [2.45, 2.75) is 42.6 Å². The fourth-order valence-electron chi connectivity index (χ4n) is 3.18. The summed E-state index contributed by atoms with van der Waals surface area (Å²) in [7, 11) is -8.44. The van der Waals surface area contributed by atoms with Gasteiger partial charge in [0.1, 0.15) is 5.66 Å². The molecular formula is C22H28ClFN6O6S3. The first-order valence-corrected chi connectivity index (χ1v) is 15.5. The number of anilines is 2. The number of amides is 1. The molecule has 2 aromatic carbocycles. The van der Waals surface area contributed by atoms with Crippen molar-refractivity contribution in [1.82, 2.24) is 0 Å². The average molecular weight is 623 g/mol. The first kappa shape index (κ1) is 32.3. The third-order valence-electron chi connectivity index (χ3n) is 4.94. The molecule has 1 amide bonds. The number of rotatable bonds is 8. The number of nitrogens with zero attached hydrogens (tertiary/aromatic N) is 3. The second-order valence-corrected chi connectivity index (χ2v) is 13.0. The van der Waals surface area contributed by atoms with Crippen LogP contribution in [0.3, 0.4) is 0 Å². The van der Waals surface area contributed by atoms with Gasteiger partial charge in [-0.15, -0.1) is 15.6 Å². The van der Waals surface area contributed by atoms with Gasteiger partial charge >= 0.3 is 10.2 Å². The minimum atomic E-state index is -4.78. The van der Waals surface area contributed by atoms with E-state index in [9.17, 15) is 25.5 Å². The molecule has 0 saturated carbocycles. The Bertz CT molecular complexity index is 1480. The highest BCUT2D eigenvalue weighted by Gasteiger charge is 2.33. The predicted molar refractivity (Wildman–Crippen MR) is 152 cm³/mol. The van der Waals surface area contributed by atoms with Crippen LogP contribution in [0.5, 0.6) is 0 Å². The summed E-state index contributed by atoms with van der Waals surface area (Å²) in [6, 6.07) is 10.2. The van der Waals surface area contributed by atoms with Gasteiger partial charge in [0.15, 0.2) is 0 Å². The molecule has 3 rings (SSSR count). The Morgan fingerprint density at radius 1 is 1.15 bits per heavy atom. The predicted octanol–water partition coefficient (Wildman–Crippen LogP) is 3.20. The SMILES string of the molecule is CC1(C)N=C(N)N=C(N)N1c1ccc(SCCC(=O)Nc2ccc(S(=O)(=O)F)cc2)c(Cl)c1.CCS(=O)(=O)O. The number of nitrogens with two attached hydrogens (primary N) is 2. The van der Waals surface area contributed by atoms with Crippen molar-refractivity contribution in [1.29, 1.82) is 0 Å². The summed E-state index contributed by atoms with van der Waals surface area (Å²) in [5, 5.41) is 3.11. The molecule has 1 heterocycles. The fourth-order valence-corrected chi connectivity index (χ4v) is 4.84. The molecule has 39 heavy (non-hydrogen) atoms. The van der Waals surface area contributed by atoms with Gasteiger partial charge in [-0.3, -0.25) is 14.2 Å². The number of nitrogens with one attached hydrogen (secondary N) is 1. The van der Waals surface area contributed by atoms with E-state index in [1.54, 1.807) is 11.0 Å². The topological polar surface area (TPSA) is 198 Å². The van der Waals surface area contributed by atoms with Gasteiger partial charge in [-0.2, -0.15) is 21.8 Å². The molecule has 0 spiro atoms. The molecule has 1 aliphatic heterocycles. The summed E-state index contributed by atoms with van der Waals surface area (Å²) < 4.78 is 61.5. The molecule has 0 radical (unpaired) electrons. The van der Waals surface area contributed by atoms with Crippen molar-refractivity contribution in [3.05, 3.63) is 47.5 Å². The van der Waals surface area contributed by atoms with E-state index >= 15 is 0 Å². The minimum Gasteiger partial charge on any atom is -0.369 e. The van der Waals surface area contributed by atoms with E-state index in [1.807, 2.05) is 26.0 Å². The third kappa shape index (κ3) is 9.96. The number of aliphatic imine (C=N–C) groups is 2. The van der Waals surface area contributed by atoms with Gasteiger partial charge in [0.05, 0.1) is 15.7 Å². The van der Waals surface area contributed by atoms with Crippen molar-refractivity contribution >= 4 is 72.9 Å². The van der Waals surface area contributed by atoms with Crippen LogP contribution in [0.4, 0.5) is 15.3 Å². The average Bonchev–Trinajstić information content (AvgIpc) is 2.79. The lowest BCUT2D eigenvalue weighted by molar-refractivity contribution is -0.115. The van der Waals surface area contributed by atoms with Gasteiger partial charge in [-0.25, -0.2) is 4.99 Å². The molecule has 2 aromatic rings. The summed E-state index contributed by atoms with van der Waals surface area (Å²) in [6.45, 7) is 5.07. The van der Waals surface area contributed by atoms with Crippen LogP contribution in [0.1, 0.15) is 27.2 Å². The zero-order chi connectivity index (χ0) is 29.6. The van der Waals surface area contributed by atoms with Crippen LogP contribution in [0.15, 0.2) is 62.2 Å². The van der Waals surface area contributed by atoms with Crippen LogP contribution in [-0.4, -0.2) is 56.4 Å². The van der Waals surface area contributed by atoms with E-state index in [4.69, 9.17) is 27.6 Å². The fraction of sp³-hybridized carbons (Fsp3) is 0.318. The molecule has 0 fully saturated rings. The third-order valence-corrected chi connectivity index (χ3v) is 8.00. The molecule has 6 N–H and O–H groups in total. The van der Waals surface area contributed by atoms with Crippen molar-refractivity contribution in [2.75, 3.05) is 21.7 Å². The second kappa shape index (κ2) is 13.0. The Hall–Kier alpha value is -2.92. The summed E-state index contributed by atoms with van der Waals surface area (Å²) in [6.07, 6.45) is 0.179. The zero-order valence-electron chi connectivity index (χ0n) is 21.1. The van der Waals surface area contributed by atoms with E-state index in [1.165, 1.54) is 30.8 Å². The van der Waals surface area contributed by atoms with Gasteiger partial charge in [-0.05, 0) is 63.2 Å². The normalized spacial score (nSPS) is 15.0. The first-order chi connectivity index (χ1) is 17.9. The highest BCUT2D eigenvalue weighted by atomic mass is 35.5. The van der Waals surface area contributed by atoms with Crippen LogP contribution in [0, 0.1) is 0 Å². The van der Waals surface area contributed by atoms with Crippen LogP contribution < -0.4 is 21.7 Å². The maximum atomic E-state index is 12.9. The first-order valence-electron chi connectivity index (χ1n) is 11.1. The van der Waals surface area contributed by atoms with E-state index in [-0.39, 0.29) is 30.0 Å². The van der Waals surface area contributed by atoms with E-state index < -0.39 is 30.9 Å². The van der Waals surface area contributed by atoms with Crippen molar-refractivity contribution in [2.24, 2.45) is 21.5 Å². The molecule has 1 aliphatic rings. The number of hydrogen-bond donors (Lipinski definition) is 4. The maximum absolute atomic E-state index is 12.9. The molecular weight excluding hydrogens is 595 g/mol. The molecule has 0 unspecified atom stereocenters. The molecule has 0 atom stereocenters. The van der Waals surface area contributed by atoms with Crippen LogP contribution >= 0.6 is 23.4 Å². The Morgan fingerprint density at radius 2 is 1.74 bits per heavy atom. The molecule has 0 bridgehead atoms. The standard InChI is InChI=1S/C20H22ClFN6O3S2.C2H6O3S/c1-20(2)27-18(23)26-19(24)28(20)13-5-8-16(15(21)11-13)32-10-9-17(29)25-12-3-6-14(7-4-12)33(22,30)31;1-2-6(3,4)5/h3-8,11H,9-10H2,1-2H3,(H,25,29)(H4,23,24,26,27);2H2,1H3,(H,3,4,5). The van der Waals surface area contributed by atoms with Gasteiger partial charge in [0, 0.05) is 28.4 Å². The number of carbonyl (C=O) groups is 1.